The molecule has 0 saturated heterocycles. The number of tetrazole rings is 1. The van der Waals surface area contributed by atoms with Gasteiger partial charge in [0.05, 0.1) is 6.20 Å². The minimum atomic E-state index is -0.882. The van der Waals surface area contributed by atoms with Crippen molar-refractivity contribution >= 4 is 6.09 Å². The van der Waals surface area contributed by atoms with Crippen molar-refractivity contribution < 1.29 is 9.53 Å². The molecular formula is C7H6N6O2. The van der Waals surface area contributed by atoms with Gasteiger partial charge in [-0.2, -0.15) is 4.68 Å². The van der Waals surface area contributed by atoms with E-state index in [-0.39, 0.29) is 5.75 Å². The van der Waals surface area contributed by atoms with E-state index in [1.165, 1.54) is 23.3 Å². The third-order valence-electron chi connectivity index (χ3n) is 1.52. The van der Waals surface area contributed by atoms with Gasteiger partial charge < -0.3 is 10.5 Å². The molecule has 0 aromatic carbocycles. The molecule has 0 unspecified atom stereocenters. The van der Waals surface area contributed by atoms with Crippen LogP contribution in [0, 0.1) is 0 Å². The van der Waals surface area contributed by atoms with Crippen LogP contribution in [0.2, 0.25) is 0 Å². The van der Waals surface area contributed by atoms with Crippen LogP contribution in [0.5, 0.6) is 5.75 Å². The van der Waals surface area contributed by atoms with E-state index in [9.17, 15) is 4.79 Å². The van der Waals surface area contributed by atoms with Gasteiger partial charge in [0, 0.05) is 0 Å². The summed E-state index contributed by atoms with van der Waals surface area (Å²) in [6, 6.07) is 3.13. The second-order valence-electron chi connectivity index (χ2n) is 2.53. The average molecular weight is 206 g/mol. The second kappa shape index (κ2) is 3.70. The number of aromatic nitrogens is 5. The van der Waals surface area contributed by atoms with Crippen molar-refractivity contribution in [3.8, 4) is 11.6 Å². The molecule has 0 radical (unpaired) electrons. The fraction of sp³-hybridized carbons (Fsp3) is 0. The molecule has 0 aliphatic heterocycles. The van der Waals surface area contributed by atoms with Gasteiger partial charge in [0.1, 0.15) is 6.33 Å². The number of nitrogens with two attached hydrogens (primary N) is 1. The average Bonchev–Trinajstić information content (AvgIpc) is 2.71. The summed E-state index contributed by atoms with van der Waals surface area (Å²) in [5.41, 5.74) is 4.83. The van der Waals surface area contributed by atoms with Crippen LogP contribution in [0.15, 0.2) is 24.7 Å². The standard InChI is InChI=1S/C7H6N6O2/c8-7(14)15-5-1-2-6(9-3-5)13-4-10-11-12-13/h1-4H,(H2,8,14). The maximum Gasteiger partial charge on any atom is 0.410 e. The van der Waals surface area contributed by atoms with Gasteiger partial charge in [-0.15, -0.1) is 5.10 Å². The lowest BCUT2D eigenvalue weighted by molar-refractivity contribution is 0.210. The van der Waals surface area contributed by atoms with Gasteiger partial charge in [0.25, 0.3) is 0 Å². The van der Waals surface area contributed by atoms with E-state index in [1.807, 2.05) is 0 Å². The first-order valence-electron chi connectivity index (χ1n) is 3.92. The number of rotatable bonds is 2. The lowest BCUT2D eigenvalue weighted by atomic mass is 10.4. The Morgan fingerprint density at radius 2 is 2.33 bits per heavy atom. The zero-order valence-electron chi connectivity index (χ0n) is 7.44. The molecule has 2 aromatic heterocycles. The largest absolute Gasteiger partial charge is 0.410 e. The summed E-state index contributed by atoms with van der Waals surface area (Å²) in [5.74, 6) is 0.774. The molecular weight excluding hydrogens is 200 g/mol. The molecule has 0 bridgehead atoms. The monoisotopic (exact) mass is 206 g/mol. The number of amides is 1. The molecule has 8 nitrogen and oxygen atoms in total. The number of nitrogens with zero attached hydrogens (tertiary/aromatic N) is 5. The van der Waals surface area contributed by atoms with Gasteiger partial charge in [-0.1, -0.05) is 0 Å². The highest BCUT2D eigenvalue weighted by atomic mass is 16.5. The van der Waals surface area contributed by atoms with Crippen molar-refractivity contribution in [2.45, 2.75) is 0 Å². The summed E-state index contributed by atoms with van der Waals surface area (Å²) in [5, 5.41) is 10.6. The van der Waals surface area contributed by atoms with E-state index < -0.39 is 6.09 Å². The normalized spacial score (nSPS) is 9.87. The fourth-order valence-corrected chi connectivity index (χ4v) is 0.951. The molecule has 0 aliphatic carbocycles. The first-order valence-corrected chi connectivity index (χ1v) is 3.92. The Bertz CT molecular complexity index is 451. The maximum absolute atomic E-state index is 10.4. The molecule has 0 aliphatic rings. The van der Waals surface area contributed by atoms with Gasteiger partial charge in [0.2, 0.25) is 0 Å². The van der Waals surface area contributed by atoms with Gasteiger partial charge in [0.15, 0.2) is 11.6 Å². The Morgan fingerprint density at radius 3 is 2.87 bits per heavy atom. The smallest absolute Gasteiger partial charge is 0.409 e. The van der Waals surface area contributed by atoms with E-state index in [0.29, 0.717) is 5.82 Å². The van der Waals surface area contributed by atoms with Crippen molar-refractivity contribution in [3.63, 3.8) is 0 Å². The highest BCUT2D eigenvalue weighted by molar-refractivity contribution is 5.67. The summed E-state index contributed by atoms with van der Waals surface area (Å²) in [4.78, 5) is 14.4. The number of hydrogen-bond acceptors (Lipinski definition) is 6. The van der Waals surface area contributed by atoms with Crippen LogP contribution in [-0.2, 0) is 0 Å². The highest BCUT2D eigenvalue weighted by Gasteiger charge is 2.02. The van der Waals surface area contributed by atoms with Crippen LogP contribution in [-0.4, -0.2) is 31.3 Å². The quantitative estimate of drug-likeness (QED) is 0.710. The summed E-state index contributed by atoms with van der Waals surface area (Å²) < 4.78 is 5.97. The van der Waals surface area contributed by atoms with Crippen molar-refractivity contribution in [2.75, 3.05) is 0 Å². The van der Waals surface area contributed by atoms with Crippen LogP contribution in [0.4, 0.5) is 4.79 Å². The lowest BCUT2D eigenvalue weighted by Gasteiger charge is -2.01. The summed E-state index contributed by atoms with van der Waals surface area (Å²) in [7, 11) is 0. The molecule has 76 valence electrons. The van der Waals surface area contributed by atoms with Crippen LogP contribution in [0.3, 0.4) is 0 Å². The van der Waals surface area contributed by atoms with Crippen molar-refractivity contribution in [3.05, 3.63) is 24.7 Å². The Balaban J connectivity index is 2.21. The van der Waals surface area contributed by atoms with Gasteiger partial charge in [-0.3, -0.25) is 0 Å². The number of carbonyl (C=O) groups excluding carboxylic acids is 1. The summed E-state index contributed by atoms with van der Waals surface area (Å²) in [6.07, 6.45) is 1.87. The third kappa shape index (κ3) is 2.05. The molecule has 8 heteroatoms. The maximum atomic E-state index is 10.4. The summed E-state index contributed by atoms with van der Waals surface area (Å²) >= 11 is 0. The van der Waals surface area contributed by atoms with E-state index >= 15 is 0 Å². The molecule has 2 aromatic rings. The molecule has 2 rings (SSSR count). The molecule has 0 atom stereocenters. The SMILES string of the molecule is NC(=O)Oc1ccc(-n2cnnn2)nc1. The first kappa shape index (κ1) is 9.06. The van der Waals surface area contributed by atoms with Crippen LogP contribution in [0.1, 0.15) is 0 Å². The van der Waals surface area contributed by atoms with Crippen LogP contribution < -0.4 is 10.5 Å². The topological polar surface area (TPSA) is 109 Å². The summed E-state index contributed by atoms with van der Waals surface area (Å²) in [6.45, 7) is 0. The minimum absolute atomic E-state index is 0.263. The van der Waals surface area contributed by atoms with Crippen LogP contribution >= 0.6 is 0 Å². The van der Waals surface area contributed by atoms with E-state index in [2.05, 4.69) is 25.2 Å². The third-order valence-corrected chi connectivity index (χ3v) is 1.52. The van der Waals surface area contributed by atoms with E-state index in [1.54, 1.807) is 6.07 Å². The Morgan fingerprint density at radius 1 is 1.47 bits per heavy atom. The number of ether oxygens (including phenoxy) is 1. The van der Waals surface area contributed by atoms with Crippen molar-refractivity contribution in [1.82, 2.24) is 25.2 Å². The van der Waals surface area contributed by atoms with Gasteiger partial charge in [-0.25, -0.2) is 9.78 Å². The Kier molecular flexibility index (Phi) is 2.23. The minimum Gasteiger partial charge on any atom is -0.409 e. The molecule has 15 heavy (non-hydrogen) atoms. The number of pyridine rings is 1. The highest BCUT2D eigenvalue weighted by Crippen LogP contribution is 2.10. The lowest BCUT2D eigenvalue weighted by Crippen LogP contribution is -2.16. The zero-order chi connectivity index (χ0) is 10.7. The fourth-order valence-electron chi connectivity index (χ4n) is 0.951. The van der Waals surface area contributed by atoms with Gasteiger partial charge in [-0.05, 0) is 22.6 Å². The predicted molar refractivity (Wildman–Crippen MR) is 47.2 cm³/mol. The number of carbonyl (C=O) groups is 1. The molecule has 0 spiro atoms. The Hall–Kier alpha value is -2.51. The first-order chi connectivity index (χ1) is 7.25. The predicted octanol–water partition coefficient (Wildman–Crippen LogP) is -0.485. The molecule has 2 N–H and O–H groups in total. The van der Waals surface area contributed by atoms with E-state index in [0.717, 1.165) is 0 Å². The molecule has 1 amide bonds. The van der Waals surface area contributed by atoms with E-state index in [4.69, 9.17) is 5.73 Å². The van der Waals surface area contributed by atoms with Crippen molar-refractivity contribution in [2.24, 2.45) is 5.73 Å². The number of hydrogen-bond donors (Lipinski definition) is 1. The molecule has 0 saturated carbocycles. The molecule has 0 fully saturated rings. The van der Waals surface area contributed by atoms with Gasteiger partial charge >= 0.3 is 6.09 Å². The Labute approximate surface area is 83.7 Å². The number of primary amides is 1. The van der Waals surface area contributed by atoms with Crippen molar-refractivity contribution in [1.29, 1.82) is 0 Å². The second-order valence-corrected chi connectivity index (χ2v) is 2.53. The van der Waals surface area contributed by atoms with Crippen LogP contribution in [0.25, 0.3) is 5.82 Å². The molecule has 2 heterocycles. The zero-order valence-corrected chi connectivity index (χ0v) is 7.44.